The Morgan fingerprint density at radius 1 is 1.42 bits per heavy atom. The molecule has 0 aliphatic carbocycles. The zero-order valence-electron chi connectivity index (χ0n) is 10.9. The van der Waals surface area contributed by atoms with Gasteiger partial charge < -0.3 is 10.1 Å². The number of hydrogen-bond donors (Lipinski definition) is 2. The molecule has 2 N–H and O–H groups in total. The predicted molar refractivity (Wildman–Crippen MR) is 78.8 cm³/mol. The van der Waals surface area contributed by atoms with Crippen LogP contribution in [-0.4, -0.2) is 31.1 Å². The number of thiocarbonyl (C=S) groups is 1. The van der Waals surface area contributed by atoms with E-state index in [0.717, 1.165) is 25.1 Å². The van der Waals surface area contributed by atoms with E-state index in [1.165, 1.54) is 12.1 Å². The fourth-order valence-corrected chi connectivity index (χ4v) is 1.43. The highest BCUT2D eigenvalue weighted by atomic mass is 32.1. The fourth-order valence-electron chi connectivity index (χ4n) is 1.27. The summed E-state index contributed by atoms with van der Waals surface area (Å²) in [6.45, 7) is 4.14. The Labute approximate surface area is 118 Å². The molecule has 4 nitrogen and oxygen atoms in total. The van der Waals surface area contributed by atoms with Crippen LogP contribution in [0.3, 0.4) is 0 Å². The standard InChI is InChI=1S/C13H18FN3OS/c1-2-18-9-3-8-15-13(19)17-16-10-11-4-6-12(14)7-5-11/h4-7,10H,2-3,8-9H2,1H3,(H2,15,17,19)/b16-10-. The van der Waals surface area contributed by atoms with Crippen LogP contribution in [0.25, 0.3) is 0 Å². The third kappa shape index (κ3) is 7.48. The number of nitrogens with one attached hydrogen (secondary N) is 2. The summed E-state index contributed by atoms with van der Waals surface area (Å²) >= 11 is 5.03. The van der Waals surface area contributed by atoms with Gasteiger partial charge in [0.15, 0.2) is 5.11 Å². The monoisotopic (exact) mass is 283 g/mol. The molecule has 19 heavy (non-hydrogen) atoms. The Bertz CT molecular complexity index is 409. The molecule has 1 aromatic carbocycles. The quantitative estimate of drug-likeness (QED) is 0.348. The second-order valence-electron chi connectivity index (χ2n) is 3.73. The number of nitrogens with zero attached hydrogens (tertiary/aromatic N) is 1. The predicted octanol–water partition coefficient (Wildman–Crippen LogP) is 2.05. The molecule has 0 aliphatic heterocycles. The molecule has 0 amide bonds. The molecule has 0 fully saturated rings. The first-order valence-corrected chi connectivity index (χ1v) is 6.53. The molecule has 1 aromatic rings. The summed E-state index contributed by atoms with van der Waals surface area (Å²) in [5, 5.41) is 7.41. The highest BCUT2D eigenvalue weighted by Crippen LogP contribution is 1.99. The van der Waals surface area contributed by atoms with Crippen molar-refractivity contribution in [3.8, 4) is 0 Å². The Morgan fingerprint density at radius 3 is 2.84 bits per heavy atom. The summed E-state index contributed by atoms with van der Waals surface area (Å²) in [5.41, 5.74) is 3.49. The number of hydrazone groups is 1. The number of ether oxygens (including phenoxy) is 1. The van der Waals surface area contributed by atoms with Gasteiger partial charge in [-0.2, -0.15) is 5.10 Å². The first kappa shape index (κ1) is 15.5. The van der Waals surface area contributed by atoms with Gasteiger partial charge in [-0.1, -0.05) is 12.1 Å². The van der Waals surface area contributed by atoms with E-state index < -0.39 is 0 Å². The molecule has 0 bridgehead atoms. The van der Waals surface area contributed by atoms with Crippen molar-refractivity contribution in [3.63, 3.8) is 0 Å². The molecule has 0 saturated heterocycles. The molecule has 0 heterocycles. The molecular formula is C13H18FN3OS. The van der Waals surface area contributed by atoms with E-state index in [9.17, 15) is 4.39 Å². The van der Waals surface area contributed by atoms with Crippen LogP contribution in [0.2, 0.25) is 0 Å². The third-order valence-electron chi connectivity index (χ3n) is 2.20. The average Bonchev–Trinajstić information content (AvgIpc) is 2.41. The van der Waals surface area contributed by atoms with E-state index in [-0.39, 0.29) is 5.82 Å². The van der Waals surface area contributed by atoms with Crippen LogP contribution in [0.4, 0.5) is 4.39 Å². The van der Waals surface area contributed by atoms with Crippen LogP contribution in [0.5, 0.6) is 0 Å². The fraction of sp³-hybridized carbons (Fsp3) is 0.385. The van der Waals surface area contributed by atoms with Crippen LogP contribution in [0, 0.1) is 5.82 Å². The first-order valence-electron chi connectivity index (χ1n) is 6.12. The van der Waals surface area contributed by atoms with Crippen molar-refractivity contribution >= 4 is 23.5 Å². The molecule has 6 heteroatoms. The Balaban J connectivity index is 2.17. The van der Waals surface area contributed by atoms with Gasteiger partial charge in [0.05, 0.1) is 6.21 Å². The summed E-state index contributed by atoms with van der Waals surface area (Å²) < 4.78 is 17.9. The van der Waals surface area contributed by atoms with Crippen LogP contribution in [0.1, 0.15) is 18.9 Å². The summed E-state index contributed by atoms with van der Waals surface area (Å²) in [6, 6.07) is 6.04. The van der Waals surface area contributed by atoms with Crippen molar-refractivity contribution in [1.29, 1.82) is 0 Å². The van der Waals surface area contributed by atoms with Crippen molar-refractivity contribution in [3.05, 3.63) is 35.6 Å². The van der Waals surface area contributed by atoms with Gasteiger partial charge in [-0.3, -0.25) is 5.43 Å². The summed E-state index contributed by atoms with van der Waals surface area (Å²) in [7, 11) is 0. The molecule has 0 unspecified atom stereocenters. The van der Waals surface area contributed by atoms with Gasteiger partial charge in [0.1, 0.15) is 5.82 Å². The van der Waals surface area contributed by atoms with E-state index >= 15 is 0 Å². The van der Waals surface area contributed by atoms with Crippen LogP contribution in [-0.2, 0) is 4.74 Å². The topological polar surface area (TPSA) is 45.6 Å². The highest BCUT2D eigenvalue weighted by molar-refractivity contribution is 7.80. The number of hydrogen-bond acceptors (Lipinski definition) is 3. The number of rotatable bonds is 7. The van der Waals surface area contributed by atoms with Crippen molar-refractivity contribution in [1.82, 2.24) is 10.7 Å². The van der Waals surface area contributed by atoms with Crippen molar-refractivity contribution in [2.75, 3.05) is 19.8 Å². The SMILES string of the molecule is CCOCCCNC(=S)N/N=C\c1ccc(F)cc1. The molecule has 0 aromatic heterocycles. The Kier molecular flexibility index (Phi) is 7.69. The van der Waals surface area contributed by atoms with Crippen LogP contribution < -0.4 is 10.7 Å². The van der Waals surface area contributed by atoms with Gasteiger partial charge in [-0.05, 0) is 43.3 Å². The number of benzene rings is 1. The van der Waals surface area contributed by atoms with E-state index in [0.29, 0.717) is 11.7 Å². The first-order chi connectivity index (χ1) is 9.22. The maximum Gasteiger partial charge on any atom is 0.186 e. The summed E-state index contributed by atoms with van der Waals surface area (Å²) in [4.78, 5) is 0. The van der Waals surface area contributed by atoms with E-state index in [4.69, 9.17) is 17.0 Å². The zero-order chi connectivity index (χ0) is 13.9. The van der Waals surface area contributed by atoms with Crippen molar-refractivity contribution in [2.45, 2.75) is 13.3 Å². The van der Waals surface area contributed by atoms with E-state index in [1.54, 1.807) is 18.3 Å². The van der Waals surface area contributed by atoms with Gasteiger partial charge in [-0.25, -0.2) is 4.39 Å². The summed E-state index contributed by atoms with van der Waals surface area (Å²) in [6.07, 6.45) is 2.46. The second kappa shape index (κ2) is 9.41. The number of halogens is 1. The van der Waals surface area contributed by atoms with Gasteiger partial charge >= 0.3 is 0 Å². The Hall–Kier alpha value is -1.53. The lowest BCUT2D eigenvalue weighted by Gasteiger charge is -2.06. The zero-order valence-corrected chi connectivity index (χ0v) is 11.7. The van der Waals surface area contributed by atoms with E-state index in [1.807, 2.05) is 6.92 Å². The van der Waals surface area contributed by atoms with Gasteiger partial charge in [0.2, 0.25) is 0 Å². The minimum Gasteiger partial charge on any atom is -0.382 e. The van der Waals surface area contributed by atoms with Crippen molar-refractivity contribution in [2.24, 2.45) is 5.10 Å². The minimum atomic E-state index is -0.267. The lowest BCUT2D eigenvalue weighted by atomic mass is 10.2. The van der Waals surface area contributed by atoms with Gasteiger partial charge in [0, 0.05) is 19.8 Å². The lowest BCUT2D eigenvalue weighted by Crippen LogP contribution is -2.33. The van der Waals surface area contributed by atoms with Crippen LogP contribution >= 0.6 is 12.2 Å². The molecule has 0 radical (unpaired) electrons. The largest absolute Gasteiger partial charge is 0.382 e. The summed E-state index contributed by atoms with van der Waals surface area (Å²) in [5.74, 6) is -0.267. The van der Waals surface area contributed by atoms with Crippen molar-refractivity contribution < 1.29 is 9.13 Å². The lowest BCUT2D eigenvalue weighted by molar-refractivity contribution is 0.145. The normalized spacial score (nSPS) is 10.6. The molecule has 0 saturated carbocycles. The van der Waals surface area contributed by atoms with Gasteiger partial charge in [0.25, 0.3) is 0 Å². The van der Waals surface area contributed by atoms with Gasteiger partial charge in [-0.15, -0.1) is 0 Å². The Morgan fingerprint density at radius 2 is 2.16 bits per heavy atom. The van der Waals surface area contributed by atoms with E-state index in [2.05, 4.69) is 15.8 Å². The smallest absolute Gasteiger partial charge is 0.186 e. The maximum absolute atomic E-state index is 12.7. The third-order valence-corrected chi connectivity index (χ3v) is 2.44. The molecular weight excluding hydrogens is 265 g/mol. The molecule has 104 valence electrons. The molecule has 0 aliphatic rings. The van der Waals surface area contributed by atoms with Crippen LogP contribution in [0.15, 0.2) is 29.4 Å². The average molecular weight is 283 g/mol. The minimum absolute atomic E-state index is 0.267. The highest BCUT2D eigenvalue weighted by Gasteiger charge is 1.93. The molecule has 0 spiro atoms. The second-order valence-corrected chi connectivity index (χ2v) is 4.14. The molecule has 1 rings (SSSR count). The molecule has 0 atom stereocenters. The maximum atomic E-state index is 12.7.